The van der Waals surface area contributed by atoms with Crippen molar-refractivity contribution in [3.05, 3.63) is 88.8 Å². The summed E-state index contributed by atoms with van der Waals surface area (Å²) >= 11 is 6.43. The van der Waals surface area contributed by atoms with Crippen molar-refractivity contribution in [3.8, 4) is 0 Å². The van der Waals surface area contributed by atoms with E-state index in [2.05, 4.69) is 10.3 Å². The number of pyridine rings is 1. The third kappa shape index (κ3) is 6.31. The molecule has 0 bridgehead atoms. The molecule has 5 rings (SSSR count). The fraction of sp³-hybridized carbons (Fsp3) is 0.310. The lowest BCUT2D eigenvalue weighted by Crippen LogP contribution is -2.56. The van der Waals surface area contributed by atoms with E-state index in [1.807, 2.05) is 0 Å². The number of alkyl halides is 5. The second-order valence-electron chi connectivity index (χ2n) is 10.3. The third-order valence-corrected chi connectivity index (χ3v) is 7.63. The summed E-state index contributed by atoms with van der Waals surface area (Å²) in [5.74, 6) is -6.75. The third-order valence-electron chi connectivity index (χ3n) is 7.28. The van der Waals surface area contributed by atoms with E-state index in [4.69, 9.17) is 11.6 Å². The molecule has 1 N–H and O–H groups in total. The molecule has 0 spiro atoms. The molecular formula is C29H23ClF6N4O3. The molecule has 43 heavy (non-hydrogen) atoms. The molecular weight excluding hydrogens is 602 g/mol. The Balaban J connectivity index is 1.60. The van der Waals surface area contributed by atoms with Crippen LogP contribution < -0.4 is 15.1 Å². The number of nitrogens with zero attached hydrogens (tertiary/aromatic N) is 3. The first-order valence-corrected chi connectivity index (χ1v) is 13.5. The highest BCUT2D eigenvalue weighted by Gasteiger charge is 2.49. The van der Waals surface area contributed by atoms with Gasteiger partial charge in [0.05, 0.1) is 5.56 Å². The van der Waals surface area contributed by atoms with Gasteiger partial charge in [-0.05, 0) is 42.8 Å². The molecule has 2 atom stereocenters. The van der Waals surface area contributed by atoms with Crippen LogP contribution in [0.3, 0.4) is 0 Å². The second kappa shape index (κ2) is 11.5. The Morgan fingerprint density at radius 3 is 2.44 bits per heavy atom. The minimum Gasteiger partial charge on any atom is -0.351 e. The number of anilines is 2. The molecule has 2 heterocycles. The molecule has 3 aromatic rings. The molecule has 3 amide bonds. The lowest BCUT2D eigenvalue weighted by Gasteiger charge is -2.39. The SMILES string of the molecule is O=C(NC1CC(F)(F)C1)[C@@H](c1ccccc1Cl)N(C(=O)[C@@H]1CCC(=O)N1c1cc(C(F)(F)F)ccn1)c1cccc(F)c1. The monoisotopic (exact) mass is 624 g/mol. The maximum Gasteiger partial charge on any atom is 0.416 e. The number of hydrogen-bond acceptors (Lipinski definition) is 4. The summed E-state index contributed by atoms with van der Waals surface area (Å²) in [6.45, 7) is 0. The van der Waals surface area contributed by atoms with Crippen molar-refractivity contribution < 1.29 is 40.7 Å². The van der Waals surface area contributed by atoms with E-state index >= 15 is 0 Å². The Morgan fingerprint density at radius 1 is 1.07 bits per heavy atom. The van der Waals surface area contributed by atoms with Crippen LogP contribution in [0.5, 0.6) is 0 Å². The van der Waals surface area contributed by atoms with Crippen molar-refractivity contribution in [3.63, 3.8) is 0 Å². The summed E-state index contributed by atoms with van der Waals surface area (Å²) in [5, 5.41) is 2.52. The lowest BCUT2D eigenvalue weighted by molar-refractivity contribution is -0.137. The summed E-state index contributed by atoms with van der Waals surface area (Å²) in [4.78, 5) is 46.7. The van der Waals surface area contributed by atoms with Crippen molar-refractivity contribution in [1.29, 1.82) is 0 Å². The van der Waals surface area contributed by atoms with Crippen molar-refractivity contribution in [2.75, 3.05) is 9.80 Å². The van der Waals surface area contributed by atoms with Gasteiger partial charge < -0.3 is 5.32 Å². The van der Waals surface area contributed by atoms with Gasteiger partial charge in [-0.2, -0.15) is 13.2 Å². The van der Waals surface area contributed by atoms with E-state index in [0.717, 1.165) is 28.1 Å². The molecule has 2 aromatic carbocycles. The van der Waals surface area contributed by atoms with Gasteiger partial charge in [-0.1, -0.05) is 35.9 Å². The van der Waals surface area contributed by atoms with Crippen molar-refractivity contribution in [2.24, 2.45) is 0 Å². The van der Waals surface area contributed by atoms with Crippen LogP contribution in [0.4, 0.5) is 37.8 Å². The largest absolute Gasteiger partial charge is 0.416 e. The average Bonchev–Trinajstić information content (AvgIpc) is 3.31. The zero-order valence-electron chi connectivity index (χ0n) is 22.1. The molecule has 1 aromatic heterocycles. The standard InChI is InChI=1S/C29H23ClF6N4O3/c30-21-7-2-1-6-20(21)25(26(42)38-18-14-28(32,33)15-18)39(19-5-3-4-17(31)13-19)27(43)22-8-9-24(41)40(22)23-12-16(10-11-37-23)29(34,35)36/h1-7,10-13,18,22,25H,8-9,14-15H2,(H,38,42)/t22-,25+/m0/s1. The number of amides is 3. The van der Waals surface area contributed by atoms with Gasteiger partial charge >= 0.3 is 6.18 Å². The lowest BCUT2D eigenvalue weighted by atomic mass is 9.87. The van der Waals surface area contributed by atoms with Crippen LogP contribution in [-0.4, -0.2) is 40.7 Å². The van der Waals surface area contributed by atoms with E-state index < -0.39 is 78.0 Å². The van der Waals surface area contributed by atoms with Crippen LogP contribution >= 0.6 is 11.6 Å². The number of rotatable bonds is 7. The first kappa shape index (κ1) is 30.3. The zero-order valence-corrected chi connectivity index (χ0v) is 22.9. The van der Waals surface area contributed by atoms with Crippen LogP contribution in [0, 0.1) is 5.82 Å². The molecule has 1 aliphatic carbocycles. The van der Waals surface area contributed by atoms with Crippen molar-refractivity contribution >= 4 is 40.8 Å². The first-order valence-electron chi connectivity index (χ1n) is 13.1. The highest BCUT2D eigenvalue weighted by Crippen LogP contribution is 2.40. The van der Waals surface area contributed by atoms with Crippen LogP contribution in [0.25, 0.3) is 0 Å². The molecule has 1 saturated carbocycles. The molecule has 0 unspecified atom stereocenters. The Morgan fingerprint density at radius 2 is 1.79 bits per heavy atom. The van der Waals surface area contributed by atoms with Gasteiger partial charge in [0.15, 0.2) is 0 Å². The predicted molar refractivity (Wildman–Crippen MR) is 144 cm³/mol. The van der Waals surface area contributed by atoms with Gasteiger partial charge in [-0.25, -0.2) is 18.2 Å². The molecule has 1 saturated heterocycles. The Hall–Kier alpha value is -4.13. The average molecular weight is 625 g/mol. The Labute approximate surface area is 246 Å². The molecule has 2 fully saturated rings. The van der Waals surface area contributed by atoms with Gasteiger partial charge in [0.25, 0.3) is 11.8 Å². The summed E-state index contributed by atoms with van der Waals surface area (Å²) in [5.41, 5.74) is -1.17. The minimum atomic E-state index is -4.76. The van der Waals surface area contributed by atoms with E-state index in [-0.39, 0.29) is 29.1 Å². The Bertz CT molecular complexity index is 1560. The molecule has 226 valence electrons. The van der Waals surface area contributed by atoms with E-state index in [1.54, 1.807) is 6.07 Å². The molecule has 0 radical (unpaired) electrons. The predicted octanol–water partition coefficient (Wildman–Crippen LogP) is 6.08. The second-order valence-corrected chi connectivity index (χ2v) is 10.7. The number of nitrogens with one attached hydrogen (secondary N) is 1. The van der Waals surface area contributed by atoms with Gasteiger partial charge in [0, 0.05) is 47.8 Å². The Kier molecular flexibility index (Phi) is 8.12. The van der Waals surface area contributed by atoms with Gasteiger partial charge in [0.1, 0.15) is 23.7 Å². The summed E-state index contributed by atoms with van der Waals surface area (Å²) in [6.07, 6.45) is -5.57. The van der Waals surface area contributed by atoms with Crippen molar-refractivity contribution in [1.82, 2.24) is 10.3 Å². The summed E-state index contributed by atoms with van der Waals surface area (Å²) in [7, 11) is 0. The fourth-order valence-corrected chi connectivity index (χ4v) is 5.50. The van der Waals surface area contributed by atoms with E-state index in [0.29, 0.717) is 12.1 Å². The molecule has 7 nitrogen and oxygen atoms in total. The van der Waals surface area contributed by atoms with E-state index in [1.165, 1.54) is 30.3 Å². The molecule has 1 aliphatic heterocycles. The fourth-order valence-electron chi connectivity index (χ4n) is 5.26. The number of carbonyl (C=O) groups is 3. The normalized spacial score (nSPS) is 19.1. The van der Waals surface area contributed by atoms with Crippen LogP contribution in [0.2, 0.25) is 5.02 Å². The number of halogens is 7. The zero-order chi connectivity index (χ0) is 31.1. The number of hydrogen-bond donors (Lipinski definition) is 1. The summed E-state index contributed by atoms with van der Waals surface area (Å²) < 4.78 is 82.0. The van der Waals surface area contributed by atoms with Crippen molar-refractivity contribution in [2.45, 2.75) is 55.9 Å². The highest BCUT2D eigenvalue weighted by atomic mass is 35.5. The summed E-state index contributed by atoms with van der Waals surface area (Å²) in [6, 6.07) is 7.90. The number of benzene rings is 2. The highest BCUT2D eigenvalue weighted by molar-refractivity contribution is 6.31. The number of aromatic nitrogens is 1. The molecule has 2 aliphatic rings. The van der Waals surface area contributed by atoms with E-state index in [9.17, 15) is 40.7 Å². The van der Waals surface area contributed by atoms with Gasteiger partial charge in [-0.15, -0.1) is 0 Å². The topological polar surface area (TPSA) is 82.6 Å². The minimum absolute atomic E-state index is 0.0229. The van der Waals surface area contributed by atoms with Crippen LogP contribution in [0.1, 0.15) is 42.9 Å². The van der Waals surface area contributed by atoms with Crippen LogP contribution in [-0.2, 0) is 20.6 Å². The number of carbonyl (C=O) groups excluding carboxylic acids is 3. The quantitative estimate of drug-likeness (QED) is 0.323. The van der Waals surface area contributed by atoms with Gasteiger partial charge in [-0.3, -0.25) is 24.2 Å². The van der Waals surface area contributed by atoms with Crippen LogP contribution in [0.15, 0.2) is 66.9 Å². The maximum absolute atomic E-state index is 14.5. The molecule has 14 heteroatoms. The van der Waals surface area contributed by atoms with Gasteiger partial charge in [0.2, 0.25) is 11.8 Å². The smallest absolute Gasteiger partial charge is 0.351 e. The first-order chi connectivity index (χ1) is 20.2. The maximum atomic E-state index is 14.5.